The van der Waals surface area contributed by atoms with E-state index in [4.69, 9.17) is 0 Å². The molecule has 0 bridgehead atoms. The number of aliphatic hydroxyl groups is 1. The van der Waals surface area contributed by atoms with E-state index < -0.39 is 0 Å². The third-order valence-corrected chi connectivity index (χ3v) is 3.20. The Morgan fingerprint density at radius 2 is 2.20 bits per heavy atom. The maximum atomic E-state index is 12.3. The van der Waals surface area contributed by atoms with Crippen molar-refractivity contribution < 1.29 is 9.90 Å². The lowest BCUT2D eigenvalue weighted by molar-refractivity contribution is 0.0902. The Bertz CT molecular complexity index is 604. The monoisotopic (exact) mass is 275 g/mol. The minimum atomic E-state index is -0.224. The highest BCUT2D eigenvalue weighted by atomic mass is 16.3. The van der Waals surface area contributed by atoms with Gasteiger partial charge in [-0.05, 0) is 30.9 Å². The summed E-state index contributed by atoms with van der Waals surface area (Å²) < 4.78 is 1.77. The summed E-state index contributed by atoms with van der Waals surface area (Å²) >= 11 is 0. The number of rotatable bonds is 5. The van der Waals surface area contributed by atoms with E-state index in [2.05, 4.69) is 24.1 Å². The van der Waals surface area contributed by atoms with Gasteiger partial charge in [-0.3, -0.25) is 9.20 Å². The molecule has 0 aliphatic heterocycles. The van der Waals surface area contributed by atoms with E-state index in [0.29, 0.717) is 11.6 Å². The minimum absolute atomic E-state index is 0.0559. The molecule has 5 nitrogen and oxygen atoms in total. The molecule has 2 aromatic heterocycles. The van der Waals surface area contributed by atoms with Crippen LogP contribution in [-0.2, 0) is 0 Å². The van der Waals surface area contributed by atoms with Gasteiger partial charge in [-0.2, -0.15) is 0 Å². The molecular weight excluding hydrogens is 254 g/mol. The van der Waals surface area contributed by atoms with E-state index in [1.54, 1.807) is 10.6 Å². The van der Waals surface area contributed by atoms with Gasteiger partial charge in [-0.25, -0.2) is 4.98 Å². The van der Waals surface area contributed by atoms with E-state index >= 15 is 0 Å². The van der Waals surface area contributed by atoms with Crippen molar-refractivity contribution in [3.63, 3.8) is 0 Å². The quantitative estimate of drug-likeness (QED) is 0.874. The Labute approximate surface area is 118 Å². The second kappa shape index (κ2) is 6.05. The van der Waals surface area contributed by atoms with Gasteiger partial charge in [0.25, 0.3) is 5.91 Å². The van der Waals surface area contributed by atoms with E-state index in [9.17, 15) is 9.90 Å². The summed E-state index contributed by atoms with van der Waals surface area (Å²) in [6.07, 6.45) is 4.19. The van der Waals surface area contributed by atoms with Crippen LogP contribution in [0.3, 0.4) is 0 Å². The first-order chi connectivity index (χ1) is 9.51. The number of carbonyl (C=O) groups excluding carboxylic acids is 1. The lowest BCUT2D eigenvalue weighted by atomic mass is 10.0. The molecule has 2 aromatic rings. The zero-order valence-corrected chi connectivity index (χ0v) is 12.1. The fourth-order valence-electron chi connectivity index (χ4n) is 2.26. The van der Waals surface area contributed by atoms with Gasteiger partial charge in [0.1, 0.15) is 11.3 Å². The van der Waals surface area contributed by atoms with Crippen molar-refractivity contribution in [3.8, 4) is 0 Å². The van der Waals surface area contributed by atoms with Crippen molar-refractivity contribution in [1.82, 2.24) is 14.7 Å². The summed E-state index contributed by atoms with van der Waals surface area (Å²) in [5.41, 5.74) is 2.29. The molecule has 2 N–H and O–H groups in total. The number of hydrogen-bond donors (Lipinski definition) is 2. The van der Waals surface area contributed by atoms with Gasteiger partial charge in [0.15, 0.2) is 0 Å². The van der Waals surface area contributed by atoms with E-state index in [-0.39, 0.29) is 18.6 Å². The van der Waals surface area contributed by atoms with Crippen molar-refractivity contribution >= 4 is 11.6 Å². The largest absolute Gasteiger partial charge is 0.394 e. The number of hydrogen-bond acceptors (Lipinski definition) is 3. The molecule has 1 unspecified atom stereocenters. The van der Waals surface area contributed by atoms with Gasteiger partial charge in [-0.15, -0.1) is 0 Å². The molecule has 0 saturated carbocycles. The fraction of sp³-hybridized carbons (Fsp3) is 0.467. The number of amides is 1. The smallest absolute Gasteiger partial charge is 0.270 e. The van der Waals surface area contributed by atoms with Gasteiger partial charge >= 0.3 is 0 Å². The molecule has 0 saturated heterocycles. The number of carbonyl (C=O) groups is 1. The second-order valence-electron chi connectivity index (χ2n) is 5.56. The van der Waals surface area contributed by atoms with Crippen molar-refractivity contribution in [2.75, 3.05) is 6.61 Å². The average Bonchev–Trinajstić information content (AvgIpc) is 2.80. The van der Waals surface area contributed by atoms with E-state index in [1.807, 2.05) is 25.3 Å². The molecule has 108 valence electrons. The molecule has 20 heavy (non-hydrogen) atoms. The van der Waals surface area contributed by atoms with E-state index in [0.717, 1.165) is 17.6 Å². The topological polar surface area (TPSA) is 66.6 Å². The van der Waals surface area contributed by atoms with E-state index in [1.165, 1.54) is 0 Å². The predicted octanol–water partition coefficient (Wildman–Crippen LogP) is 1.78. The maximum Gasteiger partial charge on any atom is 0.270 e. The second-order valence-corrected chi connectivity index (χ2v) is 5.56. The summed E-state index contributed by atoms with van der Waals surface area (Å²) in [7, 11) is 0. The van der Waals surface area contributed by atoms with Crippen molar-refractivity contribution in [2.24, 2.45) is 5.92 Å². The number of imidazole rings is 1. The SMILES string of the molecule is Cc1ccc2ncc(C(=O)NC(CO)CC(C)C)n2c1. The number of aliphatic hydroxyl groups excluding tert-OH is 1. The Morgan fingerprint density at radius 3 is 2.85 bits per heavy atom. The third kappa shape index (κ3) is 3.17. The number of pyridine rings is 1. The van der Waals surface area contributed by atoms with Gasteiger partial charge in [0.05, 0.1) is 18.8 Å². The zero-order valence-electron chi connectivity index (χ0n) is 12.1. The molecule has 2 rings (SSSR count). The maximum absolute atomic E-state index is 12.3. The Morgan fingerprint density at radius 1 is 1.45 bits per heavy atom. The summed E-state index contributed by atoms with van der Waals surface area (Å²) in [4.78, 5) is 16.5. The van der Waals surface area contributed by atoms with Crippen LogP contribution in [0.2, 0.25) is 0 Å². The molecule has 0 spiro atoms. The van der Waals surface area contributed by atoms with Crippen LogP contribution in [0.15, 0.2) is 24.5 Å². The Balaban J connectivity index is 2.20. The van der Waals surface area contributed by atoms with Gasteiger partial charge in [0.2, 0.25) is 0 Å². The Hall–Kier alpha value is -1.88. The van der Waals surface area contributed by atoms with Gasteiger partial charge in [-0.1, -0.05) is 19.9 Å². The zero-order chi connectivity index (χ0) is 14.7. The predicted molar refractivity (Wildman–Crippen MR) is 77.7 cm³/mol. The molecule has 0 radical (unpaired) electrons. The molecule has 0 aliphatic rings. The molecule has 1 atom stereocenters. The normalized spacial score (nSPS) is 12.8. The minimum Gasteiger partial charge on any atom is -0.394 e. The molecule has 1 amide bonds. The first kappa shape index (κ1) is 14.5. The van der Waals surface area contributed by atoms with Gasteiger partial charge in [0, 0.05) is 6.20 Å². The number of aromatic nitrogens is 2. The van der Waals surface area contributed by atoms with Crippen LogP contribution in [-0.4, -0.2) is 33.0 Å². The van der Waals surface area contributed by atoms with Crippen molar-refractivity contribution in [1.29, 1.82) is 0 Å². The van der Waals surface area contributed by atoms with Gasteiger partial charge < -0.3 is 10.4 Å². The highest BCUT2D eigenvalue weighted by Crippen LogP contribution is 2.10. The lowest BCUT2D eigenvalue weighted by Crippen LogP contribution is -2.38. The summed E-state index contributed by atoms with van der Waals surface area (Å²) in [5, 5.41) is 12.2. The number of nitrogens with zero attached hydrogens (tertiary/aromatic N) is 2. The van der Waals surface area contributed by atoms with Crippen LogP contribution in [0.1, 0.15) is 36.3 Å². The molecule has 5 heteroatoms. The standard InChI is InChI=1S/C15H21N3O2/c1-10(2)6-12(9-19)17-15(20)13-7-16-14-5-4-11(3)8-18(13)14/h4-5,7-8,10,12,19H,6,9H2,1-3H3,(H,17,20). The molecule has 2 heterocycles. The fourth-order valence-corrected chi connectivity index (χ4v) is 2.26. The third-order valence-electron chi connectivity index (χ3n) is 3.20. The van der Waals surface area contributed by atoms with Crippen molar-refractivity contribution in [2.45, 2.75) is 33.2 Å². The molecule has 0 aromatic carbocycles. The van der Waals surface area contributed by atoms with Crippen molar-refractivity contribution in [3.05, 3.63) is 35.8 Å². The summed E-state index contributed by atoms with van der Waals surface area (Å²) in [6, 6.07) is 3.61. The molecule has 0 aliphatic carbocycles. The van der Waals surface area contributed by atoms with Crippen LogP contribution in [0.5, 0.6) is 0 Å². The molecule has 0 fully saturated rings. The number of nitrogens with one attached hydrogen (secondary N) is 1. The summed E-state index contributed by atoms with van der Waals surface area (Å²) in [5.74, 6) is 0.208. The van der Waals surface area contributed by atoms with Crippen LogP contribution in [0, 0.1) is 12.8 Å². The lowest BCUT2D eigenvalue weighted by Gasteiger charge is -2.18. The Kier molecular flexibility index (Phi) is 4.39. The van der Waals surface area contributed by atoms with Crippen LogP contribution < -0.4 is 5.32 Å². The highest BCUT2D eigenvalue weighted by Gasteiger charge is 2.17. The van der Waals surface area contributed by atoms with Crippen LogP contribution in [0.25, 0.3) is 5.65 Å². The summed E-state index contributed by atoms with van der Waals surface area (Å²) in [6.45, 7) is 6.04. The number of aryl methyl sites for hydroxylation is 1. The van der Waals surface area contributed by atoms with Crippen LogP contribution >= 0.6 is 0 Å². The number of fused-ring (bicyclic) bond motifs is 1. The first-order valence-electron chi connectivity index (χ1n) is 6.86. The highest BCUT2D eigenvalue weighted by molar-refractivity contribution is 5.93. The first-order valence-corrected chi connectivity index (χ1v) is 6.86. The average molecular weight is 275 g/mol. The molecular formula is C15H21N3O2. The van der Waals surface area contributed by atoms with Crippen LogP contribution in [0.4, 0.5) is 0 Å².